The fourth-order valence-corrected chi connectivity index (χ4v) is 3.38. The number of benzene rings is 1. The quantitative estimate of drug-likeness (QED) is 0.846. The number of carbonyl (C=O) groups is 1. The van der Waals surface area contributed by atoms with Gasteiger partial charge in [0.05, 0.1) is 10.0 Å². The highest BCUT2D eigenvalue weighted by molar-refractivity contribution is 6.70. The Hall–Kier alpha value is -1.17. The van der Waals surface area contributed by atoms with E-state index in [1.165, 1.54) is 0 Å². The summed E-state index contributed by atoms with van der Waals surface area (Å²) in [5.74, 6) is -0.278. The van der Waals surface area contributed by atoms with Gasteiger partial charge in [0.1, 0.15) is 0 Å². The van der Waals surface area contributed by atoms with Gasteiger partial charge in [-0.3, -0.25) is 4.79 Å². The Morgan fingerprint density at radius 1 is 1.29 bits per heavy atom. The Morgan fingerprint density at radius 2 is 1.90 bits per heavy atom. The highest BCUT2D eigenvalue weighted by atomic mass is 35.5. The van der Waals surface area contributed by atoms with Crippen molar-refractivity contribution in [1.82, 2.24) is 0 Å². The zero-order valence-corrected chi connectivity index (χ0v) is 14.8. The Kier molecular flexibility index (Phi) is 4.03. The van der Waals surface area contributed by atoms with Crippen LogP contribution in [0, 0.1) is 0 Å². The molecule has 21 heavy (non-hydrogen) atoms. The summed E-state index contributed by atoms with van der Waals surface area (Å²) >= 11 is 12.2. The van der Waals surface area contributed by atoms with Gasteiger partial charge in [0, 0.05) is 5.56 Å². The van der Waals surface area contributed by atoms with E-state index in [1.807, 2.05) is 19.6 Å². The summed E-state index contributed by atoms with van der Waals surface area (Å²) in [6.07, 6.45) is 0. The fourth-order valence-electron chi connectivity index (χ4n) is 2.09. The van der Waals surface area contributed by atoms with Crippen LogP contribution in [0.2, 0.25) is 29.7 Å². The molecule has 2 rings (SSSR count). The third-order valence-corrected chi connectivity index (χ3v) is 4.69. The first-order valence-corrected chi connectivity index (χ1v) is 10.6. The van der Waals surface area contributed by atoms with Crippen LogP contribution in [-0.2, 0) is 19.6 Å². The van der Waals surface area contributed by atoms with Gasteiger partial charge in [-0.2, -0.15) is 0 Å². The van der Waals surface area contributed by atoms with Gasteiger partial charge in [-0.1, -0.05) is 35.3 Å². The van der Waals surface area contributed by atoms with Crippen molar-refractivity contribution in [3.05, 3.63) is 45.5 Å². The number of ketones is 1. The summed E-state index contributed by atoms with van der Waals surface area (Å²) in [5, 5.41) is 0.627. The first-order chi connectivity index (χ1) is 9.56. The number of rotatable bonds is 3. The first-order valence-electron chi connectivity index (χ1n) is 6.43. The highest BCUT2D eigenvalue weighted by Crippen LogP contribution is 2.42. The Labute approximate surface area is 134 Å². The molecular formula is C14H17Cl2NO3Si. The number of Topliss-reactive ketones (excluding diaryl/α,β-unsaturated/α-hetero) is 1. The third-order valence-electron chi connectivity index (χ3n) is 3.05. The minimum atomic E-state index is -1.99. The number of hydrogen-bond acceptors (Lipinski definition) is 4. The van der Waals surface area contributed by atoms with Crippen LogP contribution in [0.3, 0.4) is 0 Å². The summed E-state index contributed by atoms with van der Waals surface area (Å²) in [6, 6.07) is 5.04. The van der Waals surface area contributed by atoms with E-state index in [2.05, 4.69) is 0 Å². The Balaban J connectivity index is 2.44. The molecule has 1 unspecified atom stereocenters. The molecule has 1 aromatic rings. The molecule has 2 N–H and O–H groups in total. The summed E-state index contributed by atoms with van der Waals surface area (Å²) < 4.78 is 11.4. The topological polar surface area (TPSA) is 61.6 Å². The lowest BCUT2D eigenvalue weighted by Crippen LogP contribution is -2.34. The van der Waals surface area contributed by atoms with Gasteiger partial charge >= 0.3 is 0 Å². The van der Waals surface area contributed by atoms with Crippen molar-refractivity contribution in [2.75, 3.05) is 0 Å². The maximum atomic E-state index is 12.7. The van der Waals surface area contributed by atoms with Crippen molar-refractivity contribution in [3.63, 3.8) is 0 Å². The zero-order chi connectivity index (χ0) is 16.0. The van der Waals surface area contributed by atoms with Gasteiger partial charge < -0.3 is 14.9 Å². The van der Waals surface area contributed by atoms with Crippen LogP contribution >= 0.6 is 23.2 Å². The molecule has 0 saturated carbocycles. The predicted octanol–water partition coefficient (Wildman–Crippen LogP) is 3.79. The Morgan fingerprint density at radius 3 is 2.48 bits per heavy atom. The summed E-state index contributed by atoms with van der Waals surface area (Å²) in [6.45, 7) is 7.49. The maximum Gasteiger partial charge on any atom is 0.249 e. The number of hydrogen-bond donors (Lipinski definition) is 1. The lowest BCUT2D eigenvalue weighted by atomic mass is 9.91. The molecule has 0 bridgehead atoms. The van der Waals surface area contributed by atoms with Crippen molar-refractivity contribution in [2.24, 2.45) is 5.73 Å². The monoisotopic (exact) mass is 345 g/mol. The van der Waals surface area contributed by atoms with Crippen molar-refractivity contribution in [1.29, 1.82) is 0 Å². The lowest BCUT2D eigenvalue weighted by molar-refractivity contribution is -0.131. The van der Waals surface area contributed by atoms with Crippen LogP contribution in [0.4, 0.5) is 0 Å². The van der Waals surface area contributed by atoms with Crippen LogP contribution in [0.1, 0.15) is 12.5 Å². The minimum Gasteiger partial charge on any atom is -0.538 e. The second-order valence-electron chi connectivity index (χ2n) is 5.97. The van der Waals surface area contributed by atoms with Gasteiger partial charge in [0.2, 0.25) is 31.3 Å². The maximum absolute atomic E-state index is 12.7. The van der Waals surface area contributed by atoms with Crippen LogP contribution < -0.4 is 5.73 Å². The lowest BCUT2D eigenvalue weighted by Gasteiger charge is -2.25. The van der Waals surface area contributed by atoms with Crippen molar-refractivity contribution >= 4 is 37.3 Å². The van der Waals surface area contributed by atoms with E-state index < -0.39 is 13.9 Å². The molecule has 0 radical (unpaired) electrons. The molecular weight excluding hydrogens is 329 g/mol. The average molecular weight is 346 g/mol. The number of halogens is 2. The van der Waals surface area contributed by atoms with E-state index in [-0.39, 0.29) is 22.4 Å². The van der Waals surface area contributed by atoms with Gasteiger partial charge in [-0.15, -0.1) is 0 Å². The standard InChI is InChI=1S/C14H17Cl2NO3Si/c1-14(8-6-5-7-9(15)10(8)16)12(18)11(13(17)19-14)20-21(2,3)4/h5-7H,17H2,1-4H3. The van der Waals surface area contributed by atoms with Gasteiger partial charge in [-0.05, 0) is 32.6 Å². The number of carbonyl (C=O) groups excluding carboxylic acids is 1. The molecule has 1 heterocycles. The first kappa shape index (κ1) is 16.2. The predicted molar refractivity (Wildman–Crippen MR) is 85.6 cm³/mol. The van der Waals surface area contributed by atoms with Crippen LogP contribution in [0.25, 0.3) is 0 Å². The van der Waals surface area contributed by atoms with Gasteiger partial charge in [-0.25, -0.2) is 0 Å². The molecule has 0 amide bonds. The summed E-state index contributed by atoms with van der Waals surface area (Å²) in [7, 11) is -1.99. The molecule has 1 aliphatic rings. The highest BCUT2D eigenvalue weighted by Gasteiger charge is 2.50. The average Bonchev–Trinajstić information content (AvgIpc) is 2.56. The SMILES string of the molecule is CC1(c2cccc(Cl)c2Cl)OC(N)=C(O[Si](C)(C)C)C1=O. The van der Waals surface area contributed by atoms with E-state index in [0.717, 1.165) is 0 Å². The van der Waals surface area contributed by atoms with E-state index >= 15 is 0 Å². The molecule has 7 heteroatoms. The van der Waals surface area contributed by atoms with Crippen LogP contribution in [0.5, 0.6) is 0 Å². The molecule has 1 aliphatic heterocycles. The van der Waals surface area contributed by atoms with Gasteiger partial charge in [0.15, 0.2) is 0 Å². The van der Waals surface area contributed by atoms with E-state index in [9.17, 15) is 4.79 Å². The molecule has 0 fully saturated rings. The zero-order valence-electron chi connectivity index (χ0n) is 12.3. The molecule has 1 aromatic carbocycles. The molecule has 0 saturated heterocycles. The van der Waals surface area contributed by atoms with Crippen LogP contribution in [0.15, 0.2) is 29.8 Å². The minimum absolute atomic E-state index is 0.0130. The second kappa shape index (κ2) is 5.23. The Bertz CT molecular complexity index is 640. The number of ether oxygens (including phenoxy) is 1. The number of nitrogens with two attached hydrogens (primary N) is 1. The fraction of sp³-hybridized carbons (Fsp3) is 0.357. The molecule has 0 spiro atoms. The molecule has 0 aliphatic carbocycles. The largest absolute Gasteiger partial charge is 0.538 e. The van der Waals surface area contributed by atoms with Crippen molar-refractivity contribution < 1.29 is 14.0 Å². The molecule has 0 aromatic heterocycles. The molecule has 114 valence electrons. The van der Waals surface area contributed by atoms with Gasteiger partial charge in [0.25, 0.3) is 0 Å². The molecule has 4 nitrogen and oxygen atoms in total. The second-order valence-corrected chi connectivity index (χ2v) is 11.2. The van der Waals surface area contributed by atoms with Crippen molar-refractivity contribution in [2.45, 2.75) is 32.2 Å². The smallest absolute Gasteiger partial charge is 0.249 e. The van der Waals surface area contributed by atoms with E-state index in [1.54, 1.807) is 25.1 Å². The third kappa shape index (κ3) is 2.91. The van der Waals surface area contributed by atoms with E-state index in [4.69, 9.17) is 38.1 Å². The summed E-state index contributed by atoms with van der Waals surface area (Å²) in [5.41, 5.74) is 4.99. The molecule has 1 atom stereocenters. The van der Waals surface area contributed by atoms with Crippen molar-refractivity contribution in [3.8, 4) is 0 Å². The summed E-state index contributed by atoms with van der Waals surface area (Å²) in [4.78, 5) is 12.7. The van der Waals surface area contributed by atoms with E-state index in [0.29, 0.717) is 10.6 Å². The van der Waals surface area contributed by atoms with Crippen LogP contribution in [-0.4, -0.2) is 14.1 Å². The normalized spacial score (nSPS) is 22.5.